The van der Waals surface area contributed by atoms with Crippen molar-refractivity contribution < 1.29 is 22.8 Å². The number of carbonyl (C=O) groups excluding carboxylic acids is 1. The van der Waals surface area contributed by atoms with Gasteiger partial charge in [-0.15, -0.1) is 0 Å². The first-order valence-corrected chi connectivity index (χ1v) is 11.2. The normalized spacial score (nSPS) is 29.9. The smallest absolute Gasteiger partial charge is 0.463 e. The van der Waals surface area contributed by atoms with Crippen molar-refractivity contribution in [2.75, 3.05) is 21.3 Å². The molecule has 0 amide bonds. The zero-order chi connectivity index (χ0) is 17.6. The Morgan fingerprint density at radius 2 is 1.50 bits per heavy atom. The minimum atomic E-state index is -2.34. The highest BCUT2D eigenvalue weighted by Crippen LogP contribution is 2.55. The molecule has 0 aromatic heterocycles. The van der Waals surface area contributed by atoms with Crippen molar-refractivity contribution in [2.24, 2.45) is 11.8 Å². The lowest BCUT2D eigenvalue weighted by Crippen LogP contribution is -2.49. The van der Waals surface area contributed by atoms with E-state index in [4.69, 9.17) is 18.0 Å². The van der Waals surface area contributed by atoms with Crippen molar-refractivity contribution >= 4 is 14.8 Å². The van der Waals surface area contributed by atoms with Gasteiger partial charge in [0.1, 0.15) is 6.10 Å². The summed E-state index contributed by atoms with van der Waals surface area (Å²) in [6.45, 7) is 1.48. The summed E-state index contributed by atoms with van der Waals surface area (Å²) >= 11 is 0. The van der Waals surface area contributed by atoms with Gasteiger partial charge in [0.05, 0.1) is 0 Å². The molecule has 0 N–H and O–H groups in total. The molecule has 6 heteroatoms. The van der Waals surface area contributed by atoms with E-state index >= 15 is 0 Å². The van der Waals surface area contributed by atoms with Crippen LogP contribution in [0.3, 0.4) is 0 Å². The number of esters is 1. The summed E-state index contributed by atoms with van der Waals surface area (Å²) < 4.78 is 21.8. The summed E-state index contributed by atoms with van der Waals surface area (Å²) in [5.74, 6) is 1.58. The summed E-state index contributed by atoms with van der Waals surface area (Å²) in [6, 6.07) is 0. The fraction of sp³-hybridized carbons (Fsp3) is 0.944. The van der Waals surface area contributed by atoms with Crippen LogP contribution in [0.4, 0.5) is 0 Å². The first kappa shape index (κ1) is 19.9. The van der Waals surface area contributed by atoms with Crippen molar-refractivity contribution in [3.05, 3.63) is 0 Å². The molecule has 3 aliphatic carbocycles. The second-order valence-electron chi connectivity index (χ2n) is 7.37. The molecule has 3 rings (SSSR count). The first-order chi connectivity index (χ1) is 11.5. The van der Waals surface area contributed by atoms with Gasteiger partial charge in [0.2, 0.25) is 0 Å². The summed E-state index contributed by atoms with van der Waals surface area (Å²) in [6.07, 6.45) is 11.5. The Labute approximate surface area is 147 Å². The molecule has 3 fully saturated rings. The van der Waals surface area contributed by atoms with Crippen LogP contribution in [0.5, 0.6) is 0 Å². The quantitative estimate of drug-likeness (QED) is 0.550. The van der Waals surface area contributed by atoms with E-state index in [0.29, 0.717) is 5.54 Å². The Morgan fingerprint density at radius 3 is 1.92 bits per heavy atom. The van der Waals surface area contributed by atoms with Gasteiger partial charge in [-0.3, -0.25) is 4.79 Å². The van der Waals surface area contributed by atoms with E-state index < -0.39 is 8.80 Å². The van der Waals surface area contributed by atoms with Gasteiger partial charge in [0.25, 0.3) is 0 Å². The fourth-order valence-corrected chi connectivity index (χ4v) is 7.71. The predicted octanol–water partition coefficient (Wildman–Crippen LogP) is 3.94. The number of rotatable bonds is 5. The SMILES string of the molecule is CC(=O)OC1CCCCC1.CO[Si](OC)(OC)C1CC2CCC1C2. The second kappa shape index (κ2) is 9.32. The molecular weight excluding hydrogens is 324 g/mol. The molecule has 3 saturated carbocycles. The fourth-order valence-electron chi connectivity index (χ4n) is 4.80. The lowest BCUT2D eigenvalue weighted by molar-refractivity contribution is -0.147. The zero-order valence-corrected chi connectivity index (χ0v) is 16.7. The van der Waals surface area contributed by atoms with E-state index in [0.717, 1.165) is 24.7 Å². The molecule has 0 radical (unpaired) electrons. The topological polar surface area (TPSA) is 54.0 Å². The minimum Gasteiger partial charge on any atom is -0.463 e. The molecule has 0 saturated heterocycles. The molecule has 0 spiro atoms. The van der Waals surface area contributed by atoms with Gasteiger partial charge < -0.3 is 18.0 Å². The van der Waals surface area contributed by atoms with E-state index in [2.05, 4.69) is 0 Å². The number of ether oxygens (including phenoxy) is 1. The maximum Gasteiger partial charge on any atom is 0.503 e. The molecule has 3 unspecified atom stereocenters. The summed E-state index contributed by atoms with van der Waals surface area (Å²) in [7, 11) is 2.84. The Bertz CT molecular complexity index is 385. The third-order valence-corrected chi connectivity index (χ3v) is 9.25. The van der Waals surface area contributed by atoms with E-state index in [1.54, 1.807) is 21.3 Å². The summed E-state index contributed by atoms with van der Waals surface area (Å²) in [4.78, 5) is 10.5. The van der Waals surface area contributed by atoms with Gasteiger partial charge in [-0.2, -0.15) is 0 Å². The largest absolute Gasteiger partial charge is 0.503 e. The molecule has 24 heavy (non-hydrogen) atoms. The van der Waals surface area contributed by atoms with Crippen molar-refractivity contribution in [3.63, 3.8) is 0 Å². The monoisotopic (exact) mass is 358 g/mol. The lowest BCUT2D eigenvalue weighted by Gasteiger charge is -2.34. The van der Waals surface area contributed by atoms with Gasteiger partial charge in [-0.05, 0) is 56.8 Å². The molecule has 0 aromatic carbocycles. The average Bonchev–Trinajstić information content (AvgIpc) is 3.22. The maximum absolute atomic E-state index is 10.5. The average molecular weight is 359 g/mol. The highest BCUT2D eigenvalue weighted by atomic mass is 28.4. The van der Waals surface area contributed by atoms with E-state index in [1.165, 1.54) is 51.9 Å². The second-order valence-corrected chi connectivity index (χ2v) is 10.5. The minimum absolute atomic E-state index is 0.132. The van der Waals surface area contributed by atoms with Gasteiger partial charge in [-0.25, -0.2) is 0 Å². The van der Waals surface area contributed by atoms with Crippen LogP contribution in [0, 0.1) is 11.8 Å². The molecule has 3 atom stereocenters. The van der Waals surface area contributed by atoms with E-state index in [1.807, 2.05) is 0 Å². The standard InChI is InChI=1S/C10H20O3Si.C8H14O2/c1-11-14(12-2,13-3)10-7-8-4-5-9(10)6-8;1-7(9)10-8-5-3-2-4-6-8/h8-10H,4-7H2,1-3H3;8H,2-6H2,1H3. The Kier molecular flexibility index (Phi) is 7.72. The molecule has 2 bridgehead atoms. The summed E-state index contributed by atoms with van der Waals surface area (Å²) in [5.41, 5.74) is 0.557. The molecule has 0 aliphatic heterocycles. The maximum atomic E-state index is 10.5. The summed E-state index contributed by atoms with van der Waals surface area (Å²) in [5, 5.41) is 0. The Hall–Kier alpha value is -0.433. The zero-order valence-electron chi connectivity index (χ0n) is 15.7. The molecule has 5 nitrogen and oxygen atoms in total. The number of hydrogen-bond donors (Lipinski definition) is 0. The van der Waals surface area contributed by atoms with Crippen LogP contribution in [0.15, 0.2) is 0 Å². The number of fused-ring (bicyclic) bond motifs is 2. The highest BCUT2D eigenvalue weighted by Gasteiger charge is 2.56. The van der Waals surface area contributed by atoms with Gasteiger partial charge in [0.15, 0.2) is 0 Å². The molecular formula is C18H34O5Si. The first-order valence-electron chi connectivity index (χ1n) is 9.37. The number of carbonyl (C=O) groups is 1. The third kappa shape index (κ3) is 4.81. The van der Waals surface area contributed by atoms with Crippen LogP contribution >= 0.6 is 0 Å². The predicted molar refractivity (Wildman–Crippen MR) is 94.6 cm³/mol. The third-order valence-electron chi connectivity index (χ3n) is 5.93. The Morgan fingerprint density at radius 1 is 0.875 bits per heavy atom. The van der Waals surface area contributed by atoms with Crippen molar-refractivity contribution in [1.29, 1.82) is 0 Å². The van der Waals surface area contributed by atoms with Crippen LogP contribution in [0.2, 0.25) is 5.54 Å². The molecule has 140 valence electrons. The molecule has 0 aromatic rings. The van der Waals surface area contributed by atoms with Gasteiger partial charge in [-0.1, -0.05) is 12.8 Å². The molecule has 3 aliphatic rings. The van der Waals surface area contributed by atoms with Crippen LogP contribution in [-0.4, -0.2) is 42.2 Å². The van der Waals surface area contributed by atoms with E-state index in [-0.39, 0.29) is 12.1 Å². The van der Waals surface area contributed by atoms with Crippen LogP contribution in [0.25, 0.3) is 0 Å². The molecule has 0 heterocycles. The van der Waals surface area contributed by atoms with Gasteiger partial charge in [0, 0.05) is 33.8 Å². The lowest BCUT2D eigenvalue weighted by atomic mass is 9.98. The van der Waals surface area contributed by atoms with Crippen LogP contribution in [0.1, 0.15) is 64.7 Å². The van der Waals surface area contributed by atoms with Crippen LogP contribution in [-0.2, 0) is 22.8 Å². The Balaban J connectivity index is 0.000000185. The van der Waals surface area contributed by atoms with Crippen molar-refractivity contribution in [3.8, 4) is 0 Å². The number of hydrogen-bond acceptors (Lipinski definition) is 5. The van der Waals surface area contributed by atoms with Crippen LogP contribution < -0.4 is 0 Å². The highest BCUT2D eigenvalue weighted by molar-refractivity contribution is 6.62. The van der Waals surface area contributed by atoms with Gasteiger partial charge >= 0.3 is 14.8 Å². The van der Waals surface area contributed by atoms with E-state index in [9.17, 15) is 4.79 Å². The van der Waals surface area contributed by atoms with Crippen molar-refractivity contribution in [2.45, 2.75) is 76.4 Å². The van der Waals surface area contributed by atoms with Crippen molar-refractivity contribution in [1.82, 2.24) is 0 Å².